The summed E-state index contributed by atoms with van der Waals surface area (Å²) >= 11 is 1.12. The fourth-order valence-corrected chi connectivity index (χ4v) is 6.17. The number of thioether (sulfide) groups is 1. The van der Waals surface area contributed by atoms with E-state index in [1.807, 2.05) is 57.1 Å². The van der Waals surface area contributed by atoms with Gasteiger partial charge in [0.15, 0.2) is 11.0 Å². The van der Waals surface area contributed by atoms with Gasteiger partial charge in [0.05, 0.1) is 28.4 Å². The smallest absolute Gasteiger partial charge is 0.347 e. The van der Waals surface area contributed by atoms with Crippen LogP contribution in [0.1, 0.15) is 30.9 Å². The van der Waals surface area contributed by atoms with Crippen LogP contribution in [0.2, 0.25) is 0 Å². The molecule has 0 unspecified atom stereocenters. The molecule has 3 aromatic carbocycles. The lowest BCUT2D eigenvalue weighted by Gasteiger charge is -2.40. The molecule has 17 heteroatoms. The highest BCUT2D eigenvalue weighted by Gasteiger charge is 2.65. The first kappa shape index (κ1) is 33.4. The van der Waals surface area contributed by atoms with Gasteiger partial charge < -0.3 is 10.2 Å². The minimum Gasteiger partial charge on any atom is -0.378 e. The Morgan fingerprint density at radius 1 is 1.06 bits per heavy atom. The predicted octanol–water partition coefficient (Wildman–Crippen LogP) is 8.32. The van der Waals surface area contributed by atoms with Crippen molar-refractivity contribution in [3.8, 4) is 23.1 Å². The highest BCUT2D eigenvalue weighted by molar-refractivity contribution is 8.45. The van der Waals surface area contributed by atoms with Gasteiger partial charge in [0.25, 0.3) is 0 Å². The standard InChI is InChI=1S/C30H27F5N8O2S2/c1-18(2)24-11-8-22(41(3)4)14-26(24)43-27(44)16-46-30(43)39-29(45)38-25-12-5-19(13-20(25)15-36)28-37-17-42(40-28)21-6-9-23(10-7-21)47(31,32,33,34)35/h5-14,17-18H,16H2,1-4H3,(H,38,45). The van der Waals surface area contributed by atoms with Crippen LogP contribution in [0, 0.1) is 11.3 Å². The normalized spacial score (nSPS) is 15.8. The van der Waals surface area contributed by atoms with Gasteiger partial charge in [-0.25, -0.2) is 14.5 Å². The van der Waals surface area contributed by atoms with Crippen molar-refractivity contribution in [2.45, 2.75) is 24.7 Å². The Balaban J connectivity index is 1.37. The molecule has 1 saturated heterocycles. The van der Waals surface area contributed by atoms with Crippen LogP contribution in [-0.4, -0.2) is 51.7 Å². The number of anilines is 3. The molecule has 0 atom stereocenters. The summed E-state index contributed by atoms with van der Waals surface area (Å²) in [5.74, 6) is 0.0161. The van der Waals surface area contributed by atoms with E-state index in [0.29, 0.717) is 11.3 Å². The molecule has 1 aliphatic heterocycles. The fraction of sp³-hybridized carbons (Fsp3) is 0.200. The number of carbonyl (C=O) groups excluding carboxylic acids is 2. The Bertz CT molecular complexity index is 1970. The van der Waals surface area contributed by atoms with E-state index in [0.717, 1.165) is 39.8 Å². The number of hydrogen-bond donors (Lipinski definition) is 1. The van der Waals surface area contributed by atoms with E-state index < -0.39 is 21.2 Å². The molecule has 1 fully saturated rings. The number of carbonyl (C=O) groups is 2. The lowest BCUT2D eigenvalue weighted by Crippen LogP contribution is -2.31. The number of rotatable bonds is 7. The summed E-state index contributed by atoms with van der Waals surface area (Å²) in [6.45, 7) is 4.00. The molecule has 0 bridgehead atoms. The van der Waals surface area contributed by atoms with E-state index in [4.69, 9.17) is 0 Å². The summed E-state index contributed by atoms with van der Waals surface area (Å²) < 4.78 is 66.4. The van der Waals surface area contributed by atoms with Gasteiger partial charge in [0.1, 0.15) is 17.3 Å². The average molecular weight is 691 g/mol. The maximum absolute atomic E-state index is 13.1. The topological polar surface area (TPSA) is 120 Å². The molecule has 0 aliphatic carbocycles. The van der Waals surface area contributed by atoms with Crippen molar-refractivity contribution in [1.82, 2.24) is 14.8 Å². The summed E-state index contributed by atoms with van der Waals surface area (Å²) in [6, 6.07) is 13.5. The summed E-state index contributed by atoms with van der Waals surface area (Å²) in [6.07, 6.45) is 1.17. The molecule has 1 N–H and O–H groups in total. The van der Waals surface area contributed by atoms with Gasteiger partial charge in [-0.2, -0.15) is 10.3 Å². The van der Waals surface area contributed by atoms with Crippen molar-refractivity contribution >= 4 is 56.2 Å². The minimum absolute atomic E-state index is 0.0282. The van der Waals surface area contributed by atoms with Gasteiger partial charge in [-0.1, -0.05) is 51.1 Å². The maximum atomic E-state index is 13.1. The van der Waals surface area contributed by atoms with Crippen LogP contribution in [0.3, 0.4) is 0 Å². The number of nitrogens with one attached hydrogen (secondary N) is 1. The Morgan fingerprint density at radius 2 is 1.77 bits per heavy atom. The second kappa shape index (κ2) is 11.4. The summed E-state index contributed by atoms with van der Waals surface area (Å²) in [4.78, 5) is 35.6. The van der Waals surface area contributed by atoms with E-state index in [1.54, 1.807) is 0 Å². The van der Waals surface area contributed by atoms with E-state index in [1.165, 1.54) is 29.4 Å². The molecule has 1 aromatic heterocycles. The van der Waals surface area contributed by atoms with Crippen molar-refractivity contribution in [3.05, 3.63) is 78.1 Å². The molecule has 0 saturated carbocycles. The van der Waals surface area contributed by atoms with Crippen molar-refractivity contribution in [3.63, 3.8) is 0 Å². The molecule has 0 radical (unpaired) electrons. The number of halogens is 5. The number of aromatic nitrogens is 3. The minimum atomic E-state index is -9.82. The molecule has 47 heavy (non-hydrogen) atoms. The van der Waals surface area contributed by atoms with Crippen LogP contribution < -0.4 is 15.1 Å². The average Bonchev–Trinajstić information content (AvgIpc) is 3.63. The van der Waals surface area contributed by atoms with E-state index in [-0.39, 0.29) is 57.6 Å². The van der Waals surface area contributed by atoms with Crippen molar-refractivity contribution in [2.24, 2.45) is 4.99 Å². The number of amidine groups is 1. The molecule has 10 nitrogen and oxygen atoms in total. The molecule has 3 amide bonds. The number of urea groups is 1. The first-order chi connectivity index (χ1) is 21.8. The number of benzene rings is 3. The van der Waals surface area contributed by atoms with Gasteiger partial charge in [-0.3, -0.25) is 9.69 Å². The number of hydrogen-bond acceptors (Lipinski definition) is 7. The van der Waals surface area contributed by atoms with Crippen LogP contribution in [0.25, 0.3) is 17.1 Å². The second-order valence-electron chi connectivity index (χ2n) is 11.0. The first-order valence-corrected chi connectivity index (χ1v) is 16.8. The third-order valence-corrected chi connectivity index (χ3v) is 9.12. The summed E-state index contributed by atoms with van der Waals surface area (Å²) in [7, 11) is -6.07. The van der Waals surface area contributed by atoms with Crippen molar-refractivity contribution in [2.75, 3.05) is 35.0 Å². The van der Waals surface area contributed by atoms with Crippen LogP contribution >= 0.6 is 22.0 Å². The number of amides is 3. The van der Waals surface area contributed by atoms with E-state index >= 15 is 0 Å². The largest absolute Gasteiger partial charge is 0.378 e. The molecule has 0 spiro atoms. The molecule has 2 heterocycles. The monoisotopic (exact) mass is 690 g/mol. The van der Waals surface area contributed by atoms with Crippen molar-refractivity contribution in [1.29, 1.82) is 5.26 Å². The van der Waals surface area contributed by atoms with Gasteiger partial charge in [0, 0.05) is 25.3 Å². The van der Waals surface area contributed by atoms with Crippen LogP contribution in [-0.2, 0) is 4.79 Å². The lowest BCUT2D eigenvalue weighted by atomic mass is 9.99. The van der Waals surface area contributed by atoms with Gasteiger partial charge >= 0.3 is 16.3 Å². The van der Waals surface area contributed by atoms with Gasteiger partial charge in [0.2, 0.25) is 5.91 Å². The number of aliphatic imine (C=N–C) groups is 1. The summed E-state index contributed by atoms with van der Waals surface area (Å²) in [5, 5.41) is 16.7. The first-order valence-electron chi connectivity index (χ1n) is 13.8. The molecule has 5 rings (SSSR count). The van der Waals surface area contributed by atoms with Crippen molar-refractivity contribution < 1.29 is 29.0 Å². The zero-order valence-electron chi connectivity index (χ0n) is 25.3. The second-order valence-corrected chi connectivity index (χ2v) is 14.3. The molecular weight excluding hydrogens is 664 g/mol. The lowest BCUT2D eigenvalue weighted by molar-refractivity contribution is -0.115. The van der Waals surface area contributed by atoms with E-state index in [2.05, 4.69) is 20.4 Å². The van der Waals surface area contributed by atoms with Crippen LogP contribution in [0.5, 0.6) is 0 Å². The maximum Gasteiger partial charge on any atom is 0.347 e. The van der Waals surface area contributed by atoms with E-state index in [9.17, 15) is 34.3 Å². The third-order valence-electron chi connectivity index (χ3n) is 7.03. The third kappa shape index (κ3) is 7.23. The predicted molar refractivity (Wildman–Crippen MR) is 174 cm³/mol. The number of nitrogens with zero attached hydrogens (tertiary/aromatic N) is 7. The highest BCUT2D eigenvalue weighted by atomic mass is 32.5. The fourth-order valence-electron chi connectivity index (χ4n) is 4.66. The van der Waals surface area contributed by atoms with Gasteiger partial charge in [-0.05, 0) is 66.1 Å². The molecule has 4 aromatic rings. The quantitative estimate of drug-likeness (QED) is 0.194. The molecule has 1 aliphatic rings. The molecular formula is C30H27F5N8O2S2. The molecule has 246 valence electrons. The highest BCUT2D eigenvalue weighted by Crippen LogP contribution is 3.02. The Kier molecular flexibility index (Phi) is 8.09. The SMILES string of the molecule is CC(C)c1ccc(N(C)C)cc1N1C(=O)CSC1=NC(=O)Nc1ccc(-c2ncn(-c3ccc(S(F)(F)(F)(F)F)cc3)n2)cc1C#N. The zero-order chi connectivity index (χ0) is 34.4. The Labute approximate surface area is 270 Å². The van der Waals surface area contributed by atoms with Crippen LogP contribution in [0.4, 0.5) is 41.3 Å². The van der Waals surface area contributed by atoms with Gasteiger partial charge in [-0.15, -0.1) is 5.10 Å². The van der Waals surface area contributed by atoms with Crippen LogP contribution in [0.15, 0.2) is 76.9 Å². The Hall–Kier alpha value is -4.95. The zero-order valence-corrected chi connectivity index (χ0v) is 26.9. The summed E-state index contributed by atoms with van der Waals surface area (Å²) in [5.41, 5.74) is 2.91. The Morgan fingerprint density at radius 3 is 2.38 bits per heavy atom. The number of nitriles is 1.